The molecule has 5 nitrogen and oxygen atoms in total. The molecule has 6 heteroatoms. The summed E-state index contributed by atoms with van der Waals surface area (Å²) in [5.74, 6) is -0.995. The summed E-state index contributed by atoms with van der Waals surface area (Å²) in [5.41, 5.74) is 0.470. The van der Waals surface area contributed by atoms with Crippen LogP contribution in [-0.2, 0) is 14.3 Å². The molecule has 0 bridgehead atoms. The molecule has 1 atom stereocenters. The lowest BCUT2D eigenvalue weighted by molar-refractivity contribution is -0.142. The number of halogens is 1. The summed E-state index contributed by atoms with van der Waals surface area (Å²) in [6.45, 7) is 0.444. The Balaban J connectivity index is 1.89. The third kappa shape index (κ3) is 4.51. The fourth-order valence-electron chi connectivity index (χ4n) is 1.75. The molecule has 0 aromatic heterocycles. The third-order valence-electron chi connectivity index (χ3n) is 3.04. The molecule has 1 unspecified atom stereocenters. The Morgan fingerprint density at radius 2 is 2.00 bits per heavy atom. The zero-order valence-corrected chi connectivity index (χ0v) is 11.6. The molecule has 1 aliphatic rings. The van der Waals surface area contributed by atoms with Crippen molar-refractivity contribution in [2.45, 2.75) is 18.9 Å². The second-order valence-electron chi connectivity index (χ2n) is 4.85. The van der Waals surface area contributed by atoms with Gasteiger partial charge in [-0.2, -0.15) is 0 Å². The number of carboxylic acid groups (broad SMARTS) is 1. The van der Waals surface area contributed by atoms with Gasteiger partial charge in [-0.1, -0.05) is 23.7 Å². The Labute approximate surface area is 121 Å². The van der Waals surface area contributed by atoms with Crippen molar-refractivity contribution in [3.05, 3.63) is 34.9 Å². The standard InChI is InChI=1S/C14H16ClNO4/c15-11-5-3-10(4-6-11)13(14(18)19)16-12(17)8-20-7-9-1-2-9/h3-6,9,13H,1-2,7-8H2,(H,16,17)(H,18,19). The Morgan fingerprint density at radius 1 is 1.35 bits per heavy atom. The molecule has 0 aliphatic heterocycles. The van der Waals surface area contributed by atoms with Crippen molar-refractivity contribution >= 4 is 23.5 Å². The largest absolute Gasteiger partial charge is 0.479 e. The number of carboxylic acids is 1. The number of aliphatic carboxylic acids is 1. The van der Waals surface area contributed by atoms with E-state index in [-0.39, 0.29) is 6.61 Å². The van der Waals surface area contributed by atoms with Gasteiger partial charge in [-0.05, 0) is 36.5 Å². The number of rotatable bonds is 7. The van der Waals surface area contributed by atoms with Crippen molar-refractivity contribution in [2.75, 3.05) is 13.2 Å². The van der Waals surface area contributed by atoms with Gasteiger partial charge in [0.15, 0.2) is 6.04 Å². The summed E-state index contributed by atoms with van der Waals surface area (Å²) in [7, 11) is 0. The fraction of sp³-hybridized carbons (Fsp3) is 0.429. The van der Waals surface area contributed by atoms with Gasteiger partial charge in [0.25, 0.3) is 0 Å². The first-order chi connectivity index (χ1) is 9.56. The van der Waals surface area contributed by atoms with E-state index >= 15 is 0 Å². The zero-order valence-electron chi connectivity index (χ0n) is 10.8. The van der Waals surface area contributed by atoms with Gasteiger partial charge in [-0.15, -0.1) is 0 Å². The summed E-state index contributed by atoms with van der Waals surface area (Å²) < 4.78 is 5.23. The van der Waals surface area contributed by atoms with Gasteiger partial charge >= 0.3 is 5.97 Å². The Morgan fingerprint density at radius 3 is 2.55 bits per heavy atom. The SMILES string of the molecule is O=C(COCC1CC1)NC(C(=O)O)c1ccc(Cl)cc1. The van der Waals surface area contributed by atoms with Crippen LogP contribution in [0.3, 0.4) is 0 Å². The highest BCUT2D eigenvalue weighted by Crippen LogP contribution is 2.28. The number of benzene rings is 1. The molecule has 20 heavy (non-hydrogen) atoms. The first-order valence-electron chi connectivity index (χ1n) is 6.41. The average molecular weight is 298 g/mol. The van der Waals surface area contributed by atoms with Gasteiger partial charge in [0.1, 0.15) is 6.61 Å². The van der Waals surface area contributed by atoms with Crippen LogP contribution < -0.4 is 5.32 Å². The summed E-state index contributed by atoms with van der Waals surface area (Å²) in [4.78, 5) is 22.9. The molecule has 2 rings (SSSR count). The van der Waals surface area contributed by atoms with Crippen LogP contribution >= 0.6 is 11.6 Å². The minimum Gasteiger partial charge on any atom is -0.479 e. The molecule has 0 radical (unpaired) electrons. The van der Waals surface area contributed by atoms with E-state index in [4.69, 9.17) is 16.3 Å². The lowest BCUT2D eigenvalue weighted by Gasteiger charge is -2.15. The van der Waals surface area contributed by atoms with Crippen LogP contribution in [0.1, 0.15) is 24.4 Å². The first-order valence-corrected chi connectivity index (χ1v) is 6.79. The minimum atomic E-state index is -1.12. The maximum Gasteiger partial charge on any atom is 0.330 e. The molecule has 1 saturated carbocycles. The van der Waals surface area contributed by atoms with E-state index in [1.807, 2.05) is 0 Å². The van der Waals surface area contributed by atoms with Crippen LogP contribution in [0, 0.1) is 5.92 Å². The predicted molar refractivity (Wildman–Crippen MR) is 73.5 cm³/mol. The van der Waals surface area contributed by atoms with Gasteiger partial charge in [0, 0.05) is 5.02 Å². The topological polar surface area (TPSA) is 75.6 Å². The van der Waals surface area contributed by atoms with Crippen molar-refractivity contribution in [1.82, 2.24) is 5.32 Å². The van der Waals surface area contributed by atoms with Crippen LogP contribution in [0.15, 0.2) is 24.3 Å². The maximum atomic E-state index is 11.7. The van der Waals surface area contributed by atoms with Gasteiger partial charge in [0.05, 0.1) is 6.61 Å². The summed E-state index contributed by atoms with van der Waals surface area (Å²) in [6, 6.07) is 5.23. The second-order valence-corrected chi connectivity index (χ2v) is 5.29. The van der Waals surface area contributed by atoms with Gasteiger partial charge in [-0.3, -0.25) is 4.79 Å². The van der Waals surface area contributed by atoms with E-state index in [9.17, 15) is 14.7 Å². The van der Waals surface area contributed by atoms with E-state index in [0.29, 0.717) is 23.1 Å². The smallest absolute Gasteiger partial charge is 0.330 e. The molecular weight excluding hydrogens is 282 g/mol. The van der Waals surface area contributed by atoms with Crippen LogP contribution in [0.5, 0.6) is 0 Å². The lowest BCUT2D eigenvalue weighted by Crippen LogP contribution is -2.36. The normalized spacial score (nSPS) is 15.7. The molecular formula is C14H16ClNO4. The average Bonchev–Trinajstić information content (AvgIpc) is 3.21. The predicted octanol–water partition coefficient (Wildman–Crippen LogP) is 2.01. The highest BCUT2D eigenvalue weighted by atomic mass is 35.5. The van der Waals surface area contributed by atoms with Crippen LogP contribution in [0.25, 0.3) is 0 Å². The molecule has 0 saturated heterocycles. The number of hydrogen-bond acceptors (Lipinski definition) is 3. The molecule has 2 N–H and O–H groups in total. The van der Waals surface area contributed by atoms with Crippen LogP contribution in [0.2, 0.25) is 5.02 Å². The number of carbonyl (C=O) groups excluding carboxylic acids is 1. The number of hydrogen-bond donors (Lipinski definition) is 2. The second kappa shape index (κ2) is 6.72. The summed E-state index contributed by atoms with van der Waals surface area (Å²) in [6.07, 6.45) is 2.29. The monoisotopic (exact) mass is 297 g/mol. The van der Waals surface area contributed by atoms with E-state index in [1.165, 1.54) is 0 Å². The Kier molecular flexibility index (Phi) is 4.98. The number of carbonyl (C=O) groups is 2. The van der Waals surface area contributed by atoms with Crippen molar-refractivity contribution in [2.24, 2.45) is 5.92 Å². The molecule has 108 valence electrons. The Bertz CT molecular complexity index is 484. The summed E-state index contributed by atoms with van der Waals surface area (Å²) >= 11 is 5.75. The van der Waals surface area contributed by atoms with Crippen molar-refractivity contribution in [3.63, 3.8) is 0 Å². The van der Waals surface area contributed by atoms with Gasteiger partial charge in [-0.25, -0.2) is 4.79 Å². The minimum absolute atomic E-state index is 0.117. The first kappa shape index (κ1) is 14.8. The molecule has 1 aromatic carbocycles. The quantitative estimate of drug-likeness (QED) is 0.807. The molecule has 1 aliphatic carbocycles. The van der Waals surface area contributed by atoms with Crippen LogP contribution in [0.4, 0.5) is 0 Å². The fourth-order valence-corrected chi connectivity index (χ4v) is 1.87. The maximum absolute atomic E-state index is 11.7. The van der Waals surface area contributed by atoms with Crippen molar-refractivity contribution < 1.29 is 19.4 Å². The van der Waals surface area contributed by atoms with E-state index in [1.54, 1.807) is 24.3 Å². The number of ether oxygens (including phenoxy) is 1. The number of nitrogens with one attached hydrogen (secondary N) is 1. The molecule has 1 amide bonds. The zero-order chi connectivity index (χ0) is 14.5. The number of amides is 1. The van der Waals surface area contributed by atoms with E-state index in [0.717, 1.165) is 12.8 Å². The molecule has 0 heterocycles. The third-order valence-corrected chi connectivity index (χ3v) is 3.29. The Hall–Kier alpha value is -1.59. The van der Waals surface area contributed by atoms with E-state index in [2.05, 4.69) is 5.32 Å². The van der Waals surface area contributed by atoms with Crippen molar-refractivity contribution in [3.8, 4) is 0 Å². The van der Waals surface area contributed by atoms with Crippen molar-refractivity contribution in [1.29, 1.82) is 0 Å². The van der Waals surface area contributed by atoms with E-state index < -0.39 is 17.9 Å². The highest BCUT2D eigenvalue weighted by Gasteiger charge is 2.24. The van der Waals surface area contributed by atoms with Crippen LogP contribution in [-0.4, -0.2) is 30.2 Å². The summed E-state index contributed by atoms with van der Waals surface area (Å²) in [5, 5.41) is 12.1. The molecule has 1 aromatic rings. The lowest BCUT2D eigenvalue weighted by atomic mass is 10.1. The molecule has 1 fully saturated rings. The van der Waals surface area contributed by atoms with Gasteiger partial charge < -0.3 is 15.2 Å². The molecule has 0 spiro atoms. The highest BCUT2D eigenvalue weighted by molar-refractivity contribution is 6.30. The van der Waals surface area contributed by atoms with Gasteiger partial charge in [0.2, 0.25) is 5.91 Å².